The Balaban J connectivity index is 0.000000206. The molecule has 4 heteroatoms. The fraction of sp³-hybridized carbons (Fsp3) is 0.727. The third-order valence-electron chi connectivity index (χ3n) is 5.78. The van der Waals surface area contributed by atoms with Gasteiger partial charge in [0.1, 0.15) is 0 Å². The first-order chi connectivity index (χ1) is 12.7. The van der Waals surface area contributed by atoms with E-state index in [0.717, 1.165) is 23.6 Å². The van der Waals surface area contributed by atoms with E-state index in [-0.39, 0.29) is 0 Å². The molecule has 2 aliphatic heterocycles. The molecule has 0 aromatic heterocycles. The molecule has 1 aromatic rings. The summed E-state index contributed by atoms with van der Waals surface area (Å²) in [6, 6.07) is 11.2. The van der Waals surface area contributed by atoms with Crippen molar-refractivity contribution < 1.29 is 0 Å². The highest BCUT2D eigenvalue weighted by Gasteiger charge is 2.29. The van der Waals surface area contributed by atoms with E-state index in [1.54, 1.807) is 0 Å². The topological polar surface area (TPSA) is 18.5 Å². The summed E-state index contributed by atoms with van der Waals surface area (Å²) in [6.07, 6.45) is 6.89. The van der Waals surface area contributed by atoms with Gasteiger partial charge < -0.3 is 5.32 Å². The van der Waals surface area contributed by atoms with Crippen molar-refractivity contribution >= 4 is 11.9 Å². The van der Waals surface area contributed by atoms with Crippen LogP contribution in [0.25, 0.3) is 0 Å². The number of benzene rings is 1. The molecule has 0 spiro atoms. The number of piperidine rings is 1. The minimum atomic E-state index is 0.734. The Morgan fingerprint density at radius 2 is 1.77 bits per heavy atom. The molecular weight excluding hydrogens is 338 g/mol. The van der Waals surface area contributed by atoms with E-state index in [9.17, 15) is 0 Å². The molecule has 146 valence electrons. The van der Waals surface area contributed by atoms with Crippen molar-refractivity contribution in [3.05, 3.63) is 35.9 Å². The third-order valence-corrected chi connectivity index (χ3v) is 7.21. The van der Waals surface area contributed by atoms with Crippen molar-refractivity contribution in [3.8, 4) is 0 Å². The number of nitrogens with zero attached hydrogens (tertiary/aromatic N) is 2. The molecule has 2 saturated heterocycles. The predicted octanol–water partition coefficient (Wildman–Crippen LogP) is 4.05. The molecule has 1 N–H and O–H groups in total. The Kier molecular flexibility index (Phi) is 8.31. The quantitative estimate of drug-likeness (QED) is 0.782. The van der Waals surface area contributed by atoms with Crippen LogP contribution in [0.1, 0.15) is 45.1 Å². The molecule has 3 nitrogen and oxygen atoms in total. The zero-order valence-electron chi connectivity index (χ0n) is 16.7. The molecule has 26 heavy (non-hydrogen) atoms. The van der Waals surface area contributed by atoms with E-state index in [2.05, 4.69) is 64.6 Å². The van der Waals surface area contributed by atoms with Crippen LogP contribution >= 0.6 is 11.9 Å². The number of aryl methyl sites for hydroxylation is 1. The maximum Gasteiger partial charge on any atom is 0.0196 e. The number of piperazine rings is 1. The minimum absolute atomic E-state index is 0.734. The van der Waals surface area contributed by atoms with Gasteiger partial charge in [0.2, 0.25) is 0 Å². The van der Waals surface area contributed by atoms with E-state index in [1.165, 1.54) is 70.5 Å². The van der Waals surface area contributed by atoms with Crippen molar-refractivity contribution in [3.63, 3.8) is 0 Å². The van der Waals surface area contributed by atoms with Crippen LogP contribution in [0.3, 0.4) is 0 Å². The SMILES string of the molecule is CC1CNCCN1CC1CCN(SC2CC2)CC1.CCc1ccccc1. The molecule has 0 amide bonds. The van der Waals surface area contributed by atoms with Crippen LogP contribution in [0.2, 0.25) is 0 Å². The highest BCUT2D eigenvalue weighted by atomic mass is 32.2. The van der Waals surface area contributed by atoms with Crippen molar-refractivity contribution in [2.45, 2.75) is 57.2 Å². The summed E-state index contributed by atoms with van der Waals surface area (Å²) in [5, 5.41) is 4.47. The van der Waals surface area contributed by atoms with Crippen molar-refractivity contribution in [2.75, 3.05) is 39.3 Å². The monoisotopic (exact) mass is 375 g/mol. The van der Waals surface area contributed by atoms with E-state index >= 15 is 0 Å². The van der Waals surface area contributed by atoms with Crippen molar-refractivity contribution in [1.29, 1.82) is 0 Å². The summed E-state index contributed by atoms with van der Waals surface area (Å²) < 4.78 is 2.63. The molecule has 0 radical (unpaired) electrons. The van der Waals surface area contributed by atoms with Gasteiger partial charge in [-0.2, -0.15) is 0 Å². The average Bonchev–Trinajstić information content (AvgIpc) is 3.50. The third kappa shape index (κ3) is 6.88. The van der Waals surface area contributed by atoms with Gasteiger partial charge >= 0.3 is 0 Å². The molecule has 1 aromatic carbocycles. The first-order valence-corrected chi connectivity index (χ1v) is 11.5. The fourth-order valence-electron chi connectivity index (χ4n) is 3.78. The van der Waals surface area contributed by atoms with Crippen LogP contribution in [-0.4, -0.2) is 59.8 Å². The summed E-state index contributed by atoms with van der Waals surface area (Å²) in [5.41, 5.74) is 1.41. The largest absolute Gasteiger partial charge is 0.314 e. The molecule has 4 rings (SSSR count). The Bertz CT molecular complexity index is 497. The number of nitrogens with one attached hydrogen (secondary N) is 1. The van der Waals surface area contributed by atoms with E-state index in [1.807, 2.05) is 6.07 Å². The van der Waals surface area contributed by atoms with Gasteiger partial charge in [-0.15, -0.1) is 0 Å². The van der Waals surface area contributed by atoms with Gasteiger partial charge in [0.25, 0.3) is 0 Å². The van der Waals surface area contributed by atoms with Crippen LogP contribution in [0.5, 0.6) is 0 Å². The standard InChI is InChI=1S/C14H27N3S.C8H10/c1-12-10-15-6-9-16(12)11-13-4-7-17(8-5-13)18-14-2-3-14;1-2-8-6-4-3-5-7-8/h12-15H,2-11H2,1H3;3-7H,2H2,1H3. The summed E-state index contributed by atoms with van der Waals surface area (Å²) in [5.74, 6) is 0.946. The van der Waals surface area contributed by atoms with E-state index in [0.29, 0.717) is 0 Å². The van der Waals surface area contributed by atoms with Gasteiger partial charge in [0.15, 0.2) is 0 Å². The summed E-state index contributed by atoms with van der Waals surface area (Å²) in [7, 11) is 0. The molecule has 2 heterocycles. The smallest absolute Gasteiger partial charge is 0.0196 e. The molecule has 1 unspecified atom stereocenters. The first kappa shape index (κ1) is 20.2. The molecule has 1 aliphatic carbocycles. The number of hydrogen-bond donors (Lipinski definition) is 1. The van der Waals surface area contributed by atoms with Gasteiger partial charge in [-0.3, -0.25) is 9.21 Å². The molecular formula is C22H37N3S. The van der Waals surface area contributed by atoms with Gasteiger partial charge in [0, 0.05) is 50.6 Å². The minimum Gasteiger partial charge on any atom is -0.314 e. The second-order valence-corrected chi connectivity index (χ2v) is 9.46. The fourth-order valence-corrected chi connectivity index (χ4v) is 4.97. The van der Waals surface area contributed by atoms with Crippen LogP contribution in [0, 0.1) is 5.92 Å². The van der Waals surface area contributed by atoms with Crippen molar-refractivity contribution in [1.82, 2.24) is 14.5 Å². The Labute approximate surface area is 165 Å². The molecule has 3 fully saturated rings. The molecule has 3 aliphatic rings. The lowest BCUT2D eigenvalue weighted by atomic mass is 9.96. The molecule has 1 saturated carbocycles. The normalized spacial score (nSPS) is 25.5. The van der Waals surface area contributed by atoms with Crippen LogP contribution < -0.4 is 5.32 Å². The second-order valence-electron chi connectivity index (χ2n) is 8.06. The van der Waals surface area contributed by atoms with Crippen LogP contribution in [-0.2, 0) is 6.42 Å². The maximum absolute atomic E-state index is 3.48. The second kappa shape index (κ2) is 10.7. The summed E-state index contributed by atoms with van der Waals surface area (Å²) >= 11 is 2.14. The van der Waals surface area contributed by atoms with Crippen molar-refractivity contribution in [2.24, 2.45) is 5.92 Å². The number of hydrogen-bond acceptors (Lipinski definition) is 4. The van der Waals surface area contributed by atoms with Gasteiger partial charge in [-0.25, -0.2) is 0 Å². The predicted molar refractivity (Wildman–Crippen MR) is 115 cm³/mol. The lowest BCUT2D eigenvalue weighted by molar-refractivity contribution is 0.127. The summed E-state index contributed by atoms with van der Waals surface area (Å²) in [6.45, 7) is 12.1. The number of rotatable bonds is 5. The van der Waals surface area contributed by atoms with Crippen LogP contribution in [0.15, 0.2) is 30.3 Å². The Morgan fingerprint density at radius 3 is 2.35 bits per heavy atom. The zero-order valence-corrected chi connectivity index (χ0v) is 17.5. The highest BCUT2D eigenvalue weighted by molar-refractivity contribution is 7.97. The molecule has 0 bridgehead atoms. The van der Waals surface area contributed by atoms with Gasteiger partial charge in [0.05, 0.1) is 0 Å². The van der Waals surface area contributed by atoms with E-state index in [4.69, 9.17) is 0 Å². The lowest BCUT2D eigenvalue weighted by Gasteiger charge is -2.39. The Morgan fingerprint density at radius 1 is 1.04 bits per heavy atom. The Hall–Kier alpha value is -0.550. The van der Waals surface area contributed by atoms with Crippen LogP contribution in [0.4, 0.5) is 0 Å². The van der Waals surface area contributed by atoms with Gasteiger partial charge in [-0.05, 0) is 50.5 Å². The zero-order chi connectivity index (χ0) is 18.2. The highest BCUT2D eigenvalue weighted by Crippen LogP contribution is 2.38. The molecule has 1 atom stereocenters. The maximum atomic E-state index is 3.48. The average molecular weight is 376 g/mol. The summed E-state index contributed by atoms with van der Waals surface area (Å²) in [4.78, 5) is 2.70. The first-order valence-electron chi connectivity index (χ1n) is 10.6. The van der Waals surface area contributed by atoms with Gasteiger partial charge in [-0.1, -0.05) is 49.2 Å². The van der Waals surface area contributed by atoms with E-state index < -0.39 is 0 Å². The lowest BCUT2D eigenvalue weighted by Crippen LogP contribution is -2.51.